The van der Waals surface area contributed by atoms with Gasteiger partial charge in [0, 0.05) is 23.1 Å². The maximum Gasteiger partial charge on any atom is 0.416 e. The molecule has 0 aliphatic heterocycles. The predicted molar refractivity (Wildman–Crippen MR) is 98.3 cm³/mol. The second-order valence-corrected chi connectivity index (χ2v) is 7.41. The van der Waals surface area contributed by atoms with Crippen LogP contribution in [-0.2, 0) is 19.4 Å². The van der Waals surface area contributed by atoms with E-state index in [0.717, 1.165) is 24.3 Å². The van der Waals surface area contributed by atoms with Crippen LogP contribution in [0.4, 0.5) is 26.3 Å². The normalized spacial score (nSPS) is 12.4. The summed E-state index contributed by atoms with van der Waals surface area (Å²) in [4.78, 5) is 4.75. The fourth-order valence-corrected chi connectivity index (χ4v) is 3.54. The summed E-state index contributed by atoms with van der Waals surface area (Å²) < 4.78 is 78.7. The molecule has 3 nitrogen and oxygen atoms in total. The van der Waals surface area contributed by atoms with Crippen molar-refractivity contribution in [2.24, 2.45) is 7.05 Å². The van der Waals surface area contributed by atoms with Crippen molar-refractivity contribution in [2.45, 2.75) is 24.2 Å². The standard InChI is InChI=1S/C19H15F6N3S/c1-3-29-15-10-13(19(23,24)25)8-9-14(15)17-26-16(27-28(17)2)11-4-6-12(7-5-11)18(20,21)22/h4-10H,3H2,1-2H3. The number of rotatable bonds is 4. The average molecular weight is 431 g/mol. The number of alkyl halides is 6. The number of nitrogens with zero attached hydrogens (tertiary/aromatic N) is 3. The lowest BCUT2D eigenvalue weighted by molar-refractivity contribution is -0.138. The molecule has 1 aromatic heterocycles. The second kappa shape index (κ2) is 7.74. The van der Waals surface area contributed by atoms with Gasteiger partial charge in [0.25, 0.3) is 0 Å². The van der Waals surface area contributed by atoms with Gasteiger partial charge in [-0.1, -0.05) is 19.1 Å². The molecule has 29 heavy (non-hydrogen) atoms. The lowest BCUT2D eigenvalue weighted by atomic mass is 10.1. The highest BCUT2D eigenvalue weighted by Gasteiger charge is 2.32. The molecule has 0 aliphatic rings. The van der Waals surface area contributed by atoms with Crippen LogP contribution in [0.15, 0.2) is 47.4 Å². The number of hydrogen-bond acceptors (Lipinski definition) is 3. The summed E-state index contributed by atoms with van der Waals surface area (Å²) in [6, 6.07) is 7.76. The van der Waals surface area contributed by atoms with Crippen LogP contribution >= 0.6 is 11.8 Å². The van der Waals surface area contributed by atoms with Gasteiger partial charge in [-0.3, -0.25) is 0 Å². The summed E-state index contributed by atoms with van der Waals surface area (Å²) >= 11 is 1.24. The number of halogens is 6. The van der Waals surface area contributed by atoms with Crippen LogP contribution in [0.1, 0.15) is 18.1 Å². The number of benzene rings is 2. The van der Waals surface area contributed by atoms with E-state index >= 15 is 0 Å². The molecule has 0 amide bonds. The first-order valence-electron chi connectivity index (χ1n) is 8.43. The van der Waals surface area contributed by atoms with E-state index in [2.05, 4.69) is 10.1 Å². The van der Waals surface area contributed by atoms with Crippen molar-refractivity contribution < 1.29 is 26.3 Å². The Bertz CT molecular complexity index is 1010. The number of aromatic nitrogens is 3. The third-order valence-electron chi connectivity index (χ3n) is 4.08. The van der Waals surface area contributed by atoms with Gasteiger partial charge in [0.1, 0.15) is 0 Å². The van der Waals surface area contributed by atoms with Crippen molar-refractivity contribution in [3.8, 4) is 22.8 Å². The highest BCUT2D eigenvalue weighted by molar-refractivity contribution is 7.99. The van der Waals surface area contributed by atoms with E-state index in [0.29, 0.717) is 27.6 Å². The minimum Gasteiger partial charge on any atom is -0.248 e. The van der Waals surface area contributed by atoms with Crippen molar-refractivity contribution in [1.82, 2.24) is 14.8 Å². The summed E-state index contributed by atoms with van der Waals surface area (Å²) in [6.07, 6.45) is -8.92. The summed E-state index contributed by atoms with van der Waals surface area (Å²) in [5.41, 5.74) is -0.710. The van der Waals surface area contributed by atoms with Gasteiger partial charge in [-0.15, -0.1) is 11.8 Å². The maximum atomic E-state index is 13.0. The van der Waals surface area contributed by atoms with Gasteiger partial charge >= 0.3 is 12.4 Å². The zero-order chi connectivity index (χ0) is 21.4. The zero-order valence-electron chi connectivity index (χ0n) is 15.3. The van der Waals surface area contributed by atoms with Crippen molar-refractivity contribution in [2.75, 3.05) is 5.75 Å². The third kappa shape index (κ3) is 4.58. The molecule has 2 aromatic carbocycles. The van der Waals surface area contributed by atoms with E-state index < -0.39 is 23.5 Å². The van der Waals surface area contributed by atoms with E-state index in [9.17, 15) is 26.3 Å². The number of aryl methyl sites for hydroxylation is 1. The Kier molecular flexibility index (Phi) is 5.66. The van der Waals surface area contributed by atoms with E-state index in [1.165, 1.54) is 34.6 Å². The minimum atomic E-state index is -4.47. The first kappa shape index (κ1) is 21.2. The van der Waals surface area contributed by atoms with Gasteiger partial charge in [0.05, 0.1) is 11.1 Å². The second-order valence-electron chi connectivity index (χ2n) is 6.10. The monoisotopic (exact) mass is 431 g/mol. The van der Waals surface area contributed by atoms with Crippen LogP contribution < -0.4 is 0 Å². The molecule has 0 aliphatic carbocycles. The molecule has 0 bridgehead atoms. The van der Waals surface area contributed by atoms with E-state index in [1.54, 1.807) is 7.05 Å². The van der Waals surface area contributed by atoms with Gasteiger partial charge in [-0.05, 0) is 36.1 Å². The molecule has 3 aromatic rings. The molecule has 3 rings (SSSR count). The Balaban J connectivity index is 2.02. The average Bonchev–Trinajstić information content (AvgIpc) is 3.02. The molecular formula is C19H15F6N3S. The predicted octanol–water partition coefficient (Wildman–Crippen LogP) is 6.30. The van der Waals surface area contributed by atoms with Crippen molar-refractivity contribution >= 4 is 11.8 Å². The van der Waals surface area contributed by atoms with Gasteiger partial charge in [0.15, 0.2) is 11.6 Å². The van der Waals surface area contributed by atoms with E-state index in [1.807, 2.05) is 6.92 Å². The molecule has 0 unspecified atom stereocenters. The van der Waals surface area contributed by atoms with Crippen LogP contribution in [0, 0.1) is 0 Å². The van der Waals surface area contributed by atoms with Gasteiger partial charge in [-0.2, -0.15) is 31.4 Å². The minimum absolute atomic E-state index is 0.184. The van der Waals surface area contributed by atoms with Crippen LogP contribution in [-0.4, -0.2) is 20.5 Å². The van der Waals surface area contributed by atoms with Crippen LogP contribution in [0.5, 0.6) is 0 Å². The highest BCUT2D eigenvalue weighted by Crippen LogP contribution is 2.37. The summed E-state index contributed by atoms with van der Waals surface area (Å²) in [5, 5.41) is 4.21. The smallest absolute Gasteiger partial charge is 0.248 e. The summed E-state index contributed by atoms with van der Waals surface area (Å²) in [5.74, 6) is 1.06. The molecule has 0 fully saturated rings. The molecule has 0 spiro atoms. The summed E-state index contributed by atoms with van der Waals surface area (Å²) in [6.45, 7) is 1.82. The van der Waals surface area contributed by atoms with Crippen molar-refractivity contribution in [3.63, 3.8) is 0 Å². The molecule has 0 saturated carbocycles. The molecule has 0 N–H and O–H groups in total. The number of thioether (sulfide) groups is 1. The Morgan fingerprint density at radius 1 is 0.897 bits per heavy atom. The zero-order valence-corrected chi connectivity index (χ0v) is 16.1. The lowest BCUT2D eigenvalue weighted by Crippen LogP contribution is -2.05. The SMILES string of the molecule is CCSc1cc(C(F)(F)F)ccc1-c1nc(-c2ccc(C(F)(F)F)cc2)nn1C. The topological polar surface area (TPSA) is 30.7 Å². The first-order chi connectivity index (χ1) is 13.5. The fourth-order valence-electron chi connectivity index (χ4n) is 2.71. The lowest BCUT2D eigenvalue weighted by Gasteiger charge is -2.12. The fraction of sp³-hybridized carbons (Fsp3) is 0.263. The third-order valence-corrected chi connectivity index (χ3v) is 5.02. The molecule has 0 atom stereocenters. The molecule has 10 heteroatoms. The van der Waals surface area contributed by atoms with Crippen LogP contribution in [0.3, 0.4) is 0 Å². The van der Waals surface area contributed by atoms with Gasteiger partial charge < -0.3 is 0 Å². The summed E-state index contributed by atoms with van der Waals surface area (Å²) in [7, 11) is 1.58. The molecule has 1 heterocycles. The Morgan fingerprint density at radius 2 is 1.48 bits per heavy atom. The maximum absolute atomic E-state index is 13.0. The Labute approximate surface area is 166 Å². The number of hydrogen-bond donors (Lipinski definition) is 0. The van der Waals surface area contributed by atoms with Gasteiger partial charge in [0.2, 0.25) is 0 Å². The molecule has 0 saturated heterocycles. The quantitative estimate of drug-likeness (QED) is 0.359. The van der Waals surface area contributed by atoms with Crippen molar-refractivity contribution in [1.29, 1.82) is 0 Å². The first-order valence-corrected chi connectivity index (χ1v) is 9.42. The Morgan fingerprint density at radius 3 is 2.03 bits per heavy atom. The van der Waals surface area contributed by atoms with Gasteiger partial charge in [-0.25, -0.2) is 9.67 Å². The highest BCUT2D eigenvalue weighted by atomic mass is 32.2. The van der Waals surface area contributed by atoms with E-state index in [-0.39, 0.29) is 5.82 Å². The van der Waals surface area contributed by atoms with Crippen molar-refractivity contribution in [3.05, 3.63) is 53.6 Å². The Hall–Kier alpha value is -2.49. The van der Waals surface area contributed by atoms with Crippen LogP contribution in [0.25, 0.3) is 22.8 Å². The molecule has 0 radical (unpaired) electrons. The molecule has 154 valence electrons. The molecular weight excluding hydrogens is 416 g/mol. The van der Waals surface area contributed by atoms with E-state index in [4.69, 9.17) is 0 Å². The van der Waals surface area contributed by atoms with Crippen LogP contribution in [0.2, 0.25) is 0 Å². The largest absolute Gasteiger partial charge is 0.416 e.